The summed E-state index contributed by atoms with van der Waals surface area (Å²) in [5.41, 5.74) is 0.299. The van der Waals surface area contributed by atoms with Crippen LogP contribution >= 0.6 is 0 Å². The van der Waals surface area contributed by atoms with Crippen molar-refractivity contribution in [2.75, 3.05) is 24.5 Å². The molecule has 4 rings (SSSR count). The van der Waals surface area contributed by atoms with Gasteiger partial charge in [0.1, 0.15) is 5.82 Å². The molecule has 0 aromatic carbocycles. The molecule has 1 spiro atoms. The molecule has 2 aliphatic heterocycles. The van der Waals surface area contributed by atoms with E-state index in [-0.39, 0.29) is 11.5 Å². The molecule has 1 N–H and O–H groups in total. The minimum atomic E-state index is -0.307. The molecule has 1 amide bonds. The molecule has 1 aromatic heterocycles. The van der Waals surface area contributed by atoms with Gasteiger partial charge in [-0.05, 0) is 57.1 Å². The van der Waals surface area contributed by atoms with Crippen LogP contribution in [0.15, 0.2) is 18.3 Å². The number of aromatic nitrogens is 1. The Hall–Kier alpha value is -2.13. The second-order valence-electron chi connectivity index (χ2n) is 8.03. The van der Waals surface area contributed by atoms with E-state index in [9.17, 15) is 9.90 Å². The van der Waals surface area contributed by atoms with Crippen molar-refractivity contribution in [3.8, 4) is 6.07 Å². The summed E-state index contributed by atoms with van der Waals surface area (Å²) in [4.78, 5) is 22.0. The first-order chi connectivity index (χ1) is 12.6. The number of aliphatic hydroxyl groups is 1. The van der Waals surface area contributed by atoms with Gasteiger partial charge in [0.15, 0.2) is 0 Å². The molecule has 3 aliphatic rings. The fraction of sp³-hybridized carbons (Fsp3) is 0.650. The zero-order valence-electron chi connectivity index (χ0n) is 15.1. The van der Waals surface area contributed by atoms with Gasteiger partial charge in [0.05, 0.1) is 23.2 Å². The minimum absolute atomic E-state index is 0.193. The number of hydrogen-bond acceptors (Lipinski definition) is 5. The number of amides is 1. The van der Waals surface area contributed by atoms with Crippen molar-refractivity contribution in [3.05, 3.63) is 23.9 Å². The van der Waals surface area contributed by atoms with Crippen LogP contribution in [-0.2, 0) is 4.79 Å². The largest absolute Gasteiger partial charge is 0.393 e. The fourth-order valence-electron chi connectivity index (χ4n) is 4.93. The highest BCUT2D eigenvalue weighted by molar-refractivity contribution is 5.86. The number of carbonyl (C=O) groups excluding carboxylic acids is 1. The monoisotopic (exact) mass is 354 g/mol. The second-order valence-corrected chi connectivity index (χ2v) is 8.03. The first kappa shape index (κ1) is 17.3. The number of carbonyl (C=O) groups is 1. The summed E-state index contributed by atoms with van der Waals surface area (Å²) in [7, 11) is 0. The number of aliphatic hydroxyl groups excluding tert-OH is 1. The van der Waals surface area contributed by atoms with E-state index in [4.69, 9.17) is 5.26 Å². The summed E-state index contributed by atoms with van der Waals surface area (Å²) in [6.07, 6.45) is 7.73. The van der Waals surface area contributed by atoms with Gasteiger partial charge in [-0.25, -0.2) is 4.98 Å². The summed E-state index contributed by atoms with van der Waals surface area (Å²) in [5, 5.41) is 18.9. The van der Waals surface area contributed by atoms with E-state index < -0.39 is 0 Å². The fourth-order valence-corrected chi connectivity index (χ4v) is 4.93. The molecule has 0 bridgehead atoms. The standard InChI is InChI=1S/C20H26N4O2/c21-13-15-6-9-22-18(12-15)23-10-1-7-20(14-23)8-11-24(19(20)26)16-2-4-17(25)5-3-16/h6,9,12,16-17,25H,1-5,7-8,10-11,14H2/t16-,17-,20-/m0/s1. The van der Waals surface area contributed by atoms with E-state index in [1.165, 1.54) is 0 Å². The summed E-state index contributed by atoms with van der Waals surface area (Å²) >= 11 is 0. The quantitative estimate of drug-likeness (QED) is 0.879. The molecule has 1 saturated carbocycles. The van der Waals surface area contributed by atoms with Crippen molar-refractivity contribution in [2.24, 2.45) is 5.41 Å². The molecule has 1 aliphatic carbocycles. The van der Waals surface area contributed by atoms with Gasteiger partial charge in [-0.15, -0.1) is 0 Å². The maximum absolute atomic E-state index is 13.3. The Morgan fingerprint density at radius 2 is 2.04 bits per heavy atom. The molecule has 6 heteroatoms. The smallest absolute Gasteiger partial charge is 0.230 e. The van der Waals surface area contributed by atoms with Crippen molar-refractivity contribution in [2.45, 2.75) is 57.1 Å². The van der Waals surface area contributed by atoms with Crippen LogP contribution in [0.2, 0.25) is 0 Å². The SMILES string of the molecule is N#Cc1ccnc(N2CCC[C@]3(CCN([C@H]4CC[C@H](O)CC4)C3=O)C2)c1. The lowest BCUT2D eigenvalue weighted by atomic mass is 9.78. The Balaban J connectivity index is 1.50. The first-order valence-corrected chi connectivity index (χ1v) is 9.71. The number of nitrogens with zero attached hydrogens (tertiary/aromatic N) is 4. The molecule has 3 heterocycles. The highest BCUT2D eigenvalue weighted by Crippen LogP contribution is 2.43. The van der Waals surface area contributed by atoms with Crippen molar-refractivity contribution in [1.82, 2.24) is 9.88 Å². The lowest BCUT2D eigenvalue weighted by Crippen LogP contribution is -2.50. The van der Waals surface area contributed by atoms with Gasteiger partial charge >= 0.3 is 0 Å². The van der Waals surface area contributed by atoms with E-state index in [1.807, 2.05) is 6.07 Å². The lowest BCUT2D eigenvalue weighted by Gasteiger charge is -2.41. The molecular formula is C20H26N4O2. The molecule has 138 valence electrons. The van der Waals surface area contributed by atoms with Crippen LogP contribution in [0.1, 0.15) is 50.5 Å². The summed E-state index contributed by atoms with van der Waals surface area (Å²) < 4.78 is 0. The van der Waals surface area contributed by atoms with Gasteiger partial charge in [-0.3, -0.25) is 4.79 Å². The molecule has 2 saturated heterocycles. The molecule has 3 fully saturated rings. The van der Waals surface area contributed by atoms with Crippen molar-refractivity contribution in [3.63, 3.8) is 0 Å². The zero-order chi connectivity index (χ0) is 18.1. The van der Waals surface area contributed by atoms with Crippen LogP contribution in [0.5, 0.6) is 0 Å². The Bertz CT molecular complexity index is 723. The van der Waals surface area contributed by atoms with Crippen LogP contribution in [0.3, 0.4) is 0 Å². The molecule has 26 heavy (non-hydrogen) atoms. The van der Waals surface area contributed by atoms with E-state index in [0.717, 1.165) is 63.9 Å². The number of rotatable bonds is 2. The minimum Gasteiger partial charge on any atom is -0.393 e. The Morgan fingerprint density at radius 1 is 1.23 bits per heavy atom. The van der Waals surface area contributed by atoms with Crippen molar-refractivity contribution < 1.29 is 9.90 Å². The number of likely N-dealkylation sites (tertiary alicyclic amines) is 1. The van der Waals surface area contributed by atoms with Crippen molar-refractivity contribution >= 4 is 11.7 Å². The van der Waals surface area contributed by atoms with E-state index in [1.54, 1.807) is 12.3 Å². The van der Waals surface area contributed by atoms with Crippen LogP contribution in [-0.4, -0.2) is 52.7 Å². The van der Waals surface area contributed by atoms with Gasteiger partial charge in [0.25, 0.3) is 0 Å². The number of piperidine rings is 1. The van der Waals surface area contributed by atoms with Crippen molar-refractivity contribution in [1.29, 1.82) is 5.26 Å². The summed E-state index contributed by atoms with van der Waals surface area (Å²) in [6.45, 7) is 2.41. The Labute approximate surface area is 154 Å². The lowest BCUT2D eigenvalue weighted by molar-refractivity contribution is -0.139. The molecule has 0 radical (unpaired) electrons. The average Bonchev–Trinajstić information content (AvgIpc) is 2.98. The average molecular weight is 354 g/mol. The third-order valence-corrected chi connectivity index (χ3v) is 6.43. The number of anilines is 1. The van der Waals surface area contributed by atoms with Crippen LogP contribution in [0.25, 0.3) is 0 Å². The van der Waals surface area contributed by atoms with Crippen LogP contribution < -0.4 is 4.90 Å². The van der Waals surface area contributed by atoms with E-state index in [2.05, 4.69) is 20.9 Å². The number of hydrogen-bond donors (Lipinski definition) is 1. The summed E-state index contributed by atoms with van der Waals surface area (Å²) in [5.74, 6) is 1.09. The van der Waals surface area contributed by atoms with Gasteiger partial charge < -0.3 is 14.9 Å². The predicted molar refractivity (Wildman–Crippen MR) is 97.4 cm³/mol. The number of pyridine rings is 1. The first-order valence-electron chi connectivity index (χ1n) is 9.71. The highest BCUT2D eigenvalue weighted by Gasteiger charge is 2.50. The van der Waals surface area contributed by atoms with Gasteiger partial charge in [0, 0.05) is 31.9 Å². The van der Waals surface area contributed by atoms with Gasteiger partial charge in [-0.1, -0.05) is 0 Å². The van der Waals surface area contributed by atoms with E-state index in [0.29, 0.717) is 24.1 Å². The molecule has 1 aromatic rings. The maximum atomic E-state index is 13.3. The zero-order valence-corrected chi connectivity index (χ0v) is 15.1. The third-order valence-electron chi connectivity index (χ3n) is 6.43. The van der Waals surface area contributed by atoms with Crippen LogP contribution in [0, 0.1) is 16.7 Å². The van der Waals surface area contributed by atoms with Gasteiger partial charge in [0.2, 0.25) is 5.91 Å². The van der Waals surface area contributed by atoms with Gasteiger partial charge in [-0.2, -0.15) is 5.26 Å². The topological polar surface area (TPSA) is 80.5 Å². The molecule has 0 unspecified atom stereocenters. The third kappa shape index (κ3) is 3.05. The highest BCUT2D eigenvalue weighted by atomic mass is 16.3. The second kappa shape index (κ2) is 6.88. The molecule has 6 nitrogen and oxygen atoms in total. The molecular weight excluding hydrogens is 328 g/mol. The Kier molecular flexibility index (Phi) is 4.58. The predicted octanol–water partition coefficient (Wildman–Crippen LogP) is 2.08. The normalized spacial score (nSPS) is 32.1. The Morgan fingerprint density at radius 3 is 2.81 bits per heavy atom. The van der Waals surface area contributed by atoms with E-state index >= 15 is 0 Å². The number of nitriles is 1. The maximum Gasteiger partial charge on any atom is 0.230 e. The molecule has 1 atom stereocenters. The summed E-state index contributed by atoms with van der Waals surface area (Å²) in [6, 6.07) is 5.99. The van der Waals surface area contributed by atoms with Crippen LogP contribution in [0.4, 0.5) is 5.82 Å².